The van der Waals surface area contributed by atoms with Crippen LogP contribution < -0.4 is 10.6 Å². The van der Waals surface area contributed by atoms with Gasteiger partial charge in [0.25, 0.3) is 5.91 Å². The quantitative estimate of drug-likeness (QED) is 0.384. The van der Waals surface area contributed by atoms with Gasteiger partial charge in [0.1, 0.15) is 10.7 Å². The molecule has 0 aliphatic rings. The van der Waals surface area contributed by atoms with Crippen molar-refractivity contribution in [2.75, 3.05) is 7.05 Å². The van der Waals surface area contributed by atoms with Crippen LogP contribution >= 0.6 is 11.3 Å². The van der Waals surface area contributed by atoms with Crippen LogP contribution in [0.3, 0.4) is 0 Å². The second kappa shape index (κ2) is 6.93. The summed E-state index contributed by atoms with van der Waals surface area (Å²) in [6.07, 6.45) is 2.99. The van der Waals surface area contributed by atoms with Crippen LogP contribution in [0.4, 0.5) is 0 Å². The third kappa shape index (κ3) is 2.90. The van der Waals surface area contributed by atoms with Crippen LogP contribution in [0.25, 0.3) is 21.3 Å². The molecule has 4 rings (SSSR count). The van der Waals surface area contributed by atoms with Crippen LogP contribution in [0.2, 0.25) is 0 Å². The fourth-order valence-corrected chi connectivity index (χ4v) is 4.35. The van der Waals surface area contributed by atoms with Gasteiger partial charge in [-0.15, -0.1) is 11.3 Å². The van der Waals surface area contributed by atoms with E-state index in [0.29, 0.717) is 24.3 Å². The second-order valence-corrected chi connectivity index (χ2v) is 7.27. The Bertz CT molecular complexity index is 1150. The monoisotopic (exact) mass is 381 g/mol. The Morgan fingerprint density at radius 2 is 2.26 bits per heavy atom. The van der Waals surface area contributed by atoms with Gasteiger partial charge in [-0.05, 0) is 18.7 Å². The van der Waals surface area contributed by atoms with Crippen LogP contribution in [0.15, 0.2) is 24.4 Å². The smallest absolute Gasteiger partial charge is 0.268 e. The van der Waals surface area contributed by atoms with E-state index in [1.165, 1.54) is 17.6 Å². The summed E-state index contributed by atoms with van der Waals surface area (Å²) >= 11 is 1.50. The largest absolute Gasteiger partial charge is 0.347 e. The number of rotatable bonds is 6. The molecular weight excluding hydrogens is 362 g/mol. The average Bonchev–Trinajstić information content (AvgIpc) is 3.35. The summed E-state index contributed by atoms with van der Waals surface area (Å²) in [4.78, 5) is 17.5. The Labute approximate surface area is 159 Å². The van der Waals surface area contributed by atoms with Crippen molar-refractivity contribution >= 4 is 44.7 Å². The Morgan fingerprint density at radius 1 is 1.41 bits per heavy atom. The number of amides is 1. The van der Waals surface area contributed by atoms with E-state index in [1.807, 2.05) is 32.3 Å². The number of fused-ring (bicyclic) bond motifs is 2. The predicted octanol–water partition coefficient (Wildman–Crippen LogP) is 2.16. The first-order chi connectivity index (χ1) is 13.1. The molecule has 9 heteroatoms. The number of nitrogens with zero attached hydrogens (tertiary/aromatic N) is 3. The molecule has 0 saturated carbocycles. The molecule has 0 spiro atoms. The van der Waals surface area contributed by atoms with Gasteiger partial charge in [0, 0.05) is 37.3 Å². The third-order valence-electron chi connectivity index (χ3n) is 4.51. The number of thiazole rings is 1. The highest BCUT2D eigenvalue weighted by Gasteiger charge is 2.23. The molecule has 3 heterocycles. The zero-order valence-corrected chi connectivity index (χ0v) is 15.8. The SMILES string of the molecule is CNCc1nc2c(s1)c(C=N)c(C(=O)NCc1cccc3[nH]ncc13)n2C. The van der Waals surface area contributed by atoms with Crippen molar-refractivity contribution in [2.45, 2.75) is 13.1 Å². The molecule has 8 nitrogen and oxygen atoms in total. The molecule has 0 saturated heterocycles. The molecule has 1 aromatic carbocycles. The summed E-state index contributed by atoms with van der Waals surface area (Å²) in [5.74, 6) is -0.225. The van der Waals surface area contributed by atoms with E-state index < -0.39 is 0 Å². The number of H-pyrrole nitrogens is 1. The first kappa shape index (κ1) is 17.4. The molecule has 0 aliphatic heterocycles. The van der Waals surface area contributed by atoms with Crippen molar-refractivity contribution in [3.8, 4) is 0 Å². The summed E-state index contributed by atoms with van der Waals surface area (Å²) in [6, 6.07) is 5.84. The molecular formula is C18H19N7OS. The van der Waals surface area contributed by atoms with Gasteiger partial charge in [-0.1, -0.05) is 12.1 Å². The fourth-order valence-electron chi connectivity index (χ4n) is 3.23. The molecule has 0 aliphatic carbocycles. The molecule has 138 valence electrons. The summed E-state index contributed by atoms with van der Waals surface area (Å²) in [5.41, 5.74) is 3.70. The fraction of sp³-hybridized carbons (Fsp3) is 0.222. The Kier molecular flexibility index (Phi) is 4.46. The normalized spacial score (nSPS) is 11.3. The van der Waals surface area contributed by atoms with E-state index in [9.17, 15) is 4.79 Å². The van der Waals surface area contributed by atoms with Crippen molar-refractivity contribution in [2.24, 2.45) is 7.05 Å². The molecule has 1 amide bonds. The van der Waals surface area contributed by atoms with Gasteiger partial charge in [0.2, 0.25) is 0 Å². The molecule has 0 radical (unpaired) electrons. The molecule has 3 aromatic heterocycles. The van der Waals surface area contributed by atoms with E-state index >= 15 is 0 Å². The highest BCUT2D eigenvalue weighted by Crippen LogP contribution is 2.29. The van der Waals surface area contributed by atoms with E-state index in [-0.39, 0.29) is 5.91 Å². The van der Waals surface area contributed by atoms with E-state index in [0.717, 1.165) is 31.8 Å². The number of hydrogen-bond acceptors (Lipinski definition) is 6. The molecule has 4 aromatic rings. The number of carbonyl (C=O) groups excluding carboxylic acids is 1. The van der Waals surface area contributed by atoms with Crippen LogP contribution in [-0.4, -0.2) is 38.9 Å². The van der Waals surface area contributed by atoms with Gasteiger partial charge in [-0.25, -0.2) is 4.98 Å². The lowest BCUT2D eigenvalue weighted by atomic mass is 10.1. The minimum atomic E-state index is -0.225. The first-order valence-electron chi connectivity index (χ1n) is 8.46. The summed E-state index contributed by atoms with van der Waals surface area (Å²) in [6.45, 7) is 1.04. The maximum absolute atomic E-state index is 12.9. The van der Waals surface area contributed by atoms with Gasteiger partial charge in [0.15, 0.2) is 5.65 Å². The third-order valence-corrected chi connectivity index (χ3v) is 5.59. The van der Waals surface area contributed by atoms with Gasteiger partial charge < -0.3 is 20.6 Å². The maximum Gasteiger partial charge on any atom is 0.268 e. The average molecular weight is 381 g/mol. The van der Waals surface area contributed by atoms with Gasteiger partial charge in [-0.2, -0.15) is 5.10 Å². The summed E-state index contributed by atoms with van der Waals surface area (Å²) in [5, 5.41) is 22.7. The van der Waals surface area contributed by atoms with E-state index in [4.69, 9.17) is 5.41 Å². The number of aryl methyl sites for hydroxylation is 1. The van der Waals surface area contributed by atoms with Crippen molar-refractivity contribution in [3.05, 3.63) is 46.2 Å². The molecule has 0 unspecified atom stereocenters. The number of hydrogen-bond donors (Lipinski definition) is 4. The Balaban J connectivity index is 1.64. The molecule has 0 bridgehead atoms. The number of benzene rings is 1. The number of aromatic nitrogens is 4. The predicted molar refractivity (Wildman–Crippen MR) is 107 cm³/mol. The zero-order valence-electron chi connectivity index (χ0n) is 15.0. The molecule has 0 atom stereocenters. The Morgan fingerprint density at radius 3 is 3.04 bits per heavy atom. The highest BCUT2D eigenvalue weighted by atomic mass is 32.1. The standard InChI is InChI=1S/C18H19N7OS/c1-20-9-14-23-17-16(27-14)11(6-19)15(25(17)2)18(26)21-7-10-4-3-5-13-12(10)8-22-24-13/h3-6,8,19-20H,7,9H2,1-2H3,(H,21,26)(H,22,24). The minimum Gasteiger partial charge on any atom is -0.347 e. The molecule has 27 heavy (non-hydrogen) atoms. The maximum atomic E-state index is 12.9. The summed E-state index contributed by atoms with van der Waals surface area (Å²) < 4.78 is 2.62. The van der Waals surface area contributed by atoms with Crippen molar-refractivity contribution < 1.29 is 4.79 Å². The van der Waals surface area contributed by atoms with E-state index in [1.54, 1.807) is 10.8 Å². The minimum absolute atomic E-state index is 0.225. The van der Waals surface area contributed by atoms with Crippen molar-refractivity contribution in [1.82, 2.24) is 30.4 Å². The van der Waals surface area contributed by atoms with Gasteiger partial charge in [-0.3, -0.25) is 9.89 Å². The highest BCUT2D eigenvalue weighted by molar-refractivity contribution is 7.19. The lowest BCUT2D eigenvalue weighted by molar-refractivity contribution is 0.0943. The zero-order chi connectivity index (χ0) is 19.0. The topological polar surface area (TPSA) is 111 Å². The first-order valence-corrected chi connectivity index (χ1v) is 9.28. The van der Waals surface area contributed by atoms with Crippen molar-refractivity contribution in [1.29, 1.82) is 5.41 Å². The Hall–Kier alpha value is -3.04. The van der Waals surface area contributed by atoms with Crippen LogP contribution in [0.5, 0.6) is 0 Å². The van der Waals surface area contributed by atoms with Gasteiger partial charge in [0.05, 0.1) is 16.4 Å². The van der Waals surface area contributed by atoms with Crippen molar-refractivity contribution in [3.63, 3.8) is 0 Å². The molecule has 0 fully saturated rings. The van der Waals surface area contributed by atoms with Crippen LogP contribution in [0.1, 0.15) is 26.6 Å². The number of aromatic amines is 1. The number of carbonyl (C=O) groups is 1. The van der Waals surface area contributed by atoms with E-state index in [2.05, 4.69) is 25.8 Å². The summed E-state index contributed by atoms with van der Waals surface area (Å²) in [7, 11) is 3.67. The second-order valence-electron chi connectivity index (χ2n) is 6.19. The number of nitrogens with one attached hydrogen (secondary N) is 4. The van der Waals surface area contributed by atoms with Crippen LogP contribution in [-0.2, 0) is 20.1 Å². The van der Waals surface area contributed by atoms with Crippen LogP contribution in [0, 0.1) is 5.41 Å². The lowest BCUT2D eigenvalue weighted by Crippen LogP contribution is -2.26. The lowest BCUT2D eigenvalue weighted by Gasteiger charge is -2.08. The van der Waals surface area contributed by atoms with Gasteiger partial charge >= 0.3 is 0 Å². The molecule has 4 N–H and O–H groups in total.